The molecule has 1 unspecified atom stereocenters. The Balaban J connectivity index is 2.02. The zero-order valence-corrected chi connectivity index (χ0v) is 20.1. The first-order valence-electron chi connectivity index (χ1n) is 11.4. The standard InChI is InChI=1S/C26H33N3O4/c1-17(2)16-33-20-7-8-21(18(3)15-20)24(30)22-23(19-9-11-27-12-10-19)29(26(32)25(22)31)14-6-13-28(4)5/h7-12,15,17,23,30H,6,13-14,16H2,1-5H3. The van der Waals surface area contributed by atoms with Gasteiger partial charge in [0.15, 0.2) is 0 Å². The number of aryl methyl sites for hydroxylation is 1. The molecule has 1 aromatic heterocycles. The van der Waals surface area contributed by atoms with Gasteiger partial charge in [0.2, 0.25) is 5.78 Å². The van der Waals surface area contributed by atoms with E-state index in [0.29, 0.717) is 41.5 Å². The minimum Gasteiger partial charge on any atom is -0.872 e. The molecule has 33 heavy (non-hydrogen) atoms. The third-order valence-electron chi connectivity index (χ3n) is 5.65. The van der Waals surface area contributed by atoms with Crippen LogP contribution in [-0.4, -0.2) is 55.4 Å². The first kappa shape index (κ1) is 24.5. The number of amides is 1. The maximum absolute atomic E-state index is 13.6. The number of nitrogens with one attached hydrogen (secondary N) is 1. The van der Waals surface area contributed by atoms with Gasteiger partial charge in [0, 0.05) is 30.9 Å². The molecule has 1 N–H and O–H groups in total. The summed E-state index contributed by atoms with van der Waals surface area (Å²) in [5.74, 6) is -0.702. The Morgan fingerprint density at radius 3 is 2.48 bits per heavy atom. The van der Waals surface area contributed by atoms with Crippen molar-refractivity contribution >= 4 is 17.4 Å². The molecule has 0 aliphatic carbocycles. The Morgan fingerprint density at radius 2 is 1.88 bits per heavy atom. The van der Waals surface area contributed by atoms with Crippen LogP contribution in [0.1, 0.15) is 43.0 Å². The number of quaternary nitrogens is 1. The van der Waals surface area contributed by atoms with E-state index in [1.54, 1.807) is 42.7 Å². The summed E-state index contributed by atoms with van der Waals surface area (Å²) in [6, 6.07) is 8.02. The molecular formula is C26H33N3O4. The molecule has 1 amide bonds. The van der Waals surface area contributed by atoms with Gasteiger partial charge in [-0.1, -0.05) is 25.7 Å². The monoisotopic (exact) mass is 451 g/mol. The summed E-state index contributed by atoms with van der Waals surface area (Å²) >= 11 is 0. The Hall–Kier alpha value is -3.19. The molecule has 2 aromatic rings. The molecule has 1 aliphatic rings. The van der Waals surface area contributed by atoms with Crippen LogP contribution in [0.15, 0.2) is 48.3 Å². The van der Waals surface area contributed by atoms with Crippen LogP contribution >= 0.6 is 0 Å². The van der Waals surface area contributed by atoms with E-state index in [0.717, 1.165) is 13.0 Å². The molecule has 1 fully saturated rings. The van der Waals surface area contributed by atoms with Gasteiger partial charge in [0.1, 0.15) is 5.75 Å². The van der Waals surface area contributed by atoms with Crippen molar-refractivity contribution in [2.45, 2.75) is 33.2 Å². The molecule has 0 radical (unpaired) electrons. The van der Waals surface area contributed by atoms with E-state index < -0.39 is 23.5 Å². The number of nitrogens with zero attached hydrogens (tertiary/aromatic N) is 2. The summed E-state index contributed by atoms with van der Waals surface area (Å²) in [4.78, 5) is 32.9. The van der Waals surface area contributed by atoms with Crippen molar-refractivity contribution in [2.24, 2.45) is 5.92 Å². The third kappa shape index (κ3) is 5.60. The normalized spacial score (nSPS) is 17.9. The van der Waals surface area contributed by atoms with Crippen LogP contribution in [0.2, 0.25) is 0 Å². The number of carbonyl (C=O) groups is 2. The minimum atomic E-state index is -0.724. The molecule has 176 valence electrons. The van der Waals surface area contributed by atoms with Gasteiger partial charge >= 0.3 is 0 Å². The van der Waals surface area contributed by atoms with Gasteiger partial charge in [0.05, 0.1) is 33.3 Å². The summed E-state index contributed by atoms with van der Waals surface area (Å²) in [5.41, 5.74) is 1.82. The summed E-state index contributed by atoms with van der Waals surface area (Å²) in [6.45, 7) is 7.77. The summed E-state index contributed by atoms with van der Waals surface area (Å²) in [6.07, 6.45) is 3.95. The van der Waals surface area contributed by atoms with Crippen LogP contribution in [0.25, 0.3) is 5.76 Å². The predicted molar refractivity (Wildman–Crippen MR) is 124 cm³/mol. The van der Waals surface area contributed by atoms with Crippen LogP contribution < -0.4 is 14.7 Å². The van der Waals surface area contributed by atoms with E-state index in [2.05, 4.69) is 18.8 Å². The lowest BCUT2D eigenvalue weighted by Crippen LogP contribution is -3.05. The maximum atomic E-state index is 13.6. The van der Waals surface area contributed by atoms with Gasteiger partial charge in [-0.25, -0.2) is 0 Å². The molecule has 7 nitrogen and oxygen atoms in total. The first-order chi connectivity index (χ1) is 15.7. The third-order valence-corrected chi connectivity index (χ3v) is 5.65. The number of hydrogen-bond donors (Lipinski definition) is 1. The Morgan fingerprint density at radius 1 is 1.18 bits per heavy atom. The number of pyridine rings is 1. The number of rotatable bonds is 9. The van der Waals surface area contributed by atoms with Crippen molar-refractivity contribution < 1.29 is 24.3 Å². The first-order valence-corrected chi connectivity index (χ1v) is 11.4. The van der Waals surface area contributed by atoms with Crippen molar-refractivity contribution in [3.8, 4) is 5.75 Å². The van der Waals surface area contributed by atoms with Gasteiger partial charge in [-0.05, 0) is 53.8 Å². The summed E-state index contributed by atoms with van der Waals surface area (Å²) in [7, 11) is 4.07. The Bertz CT molecular complexity index is 1030. The van der Waals surface area contributed by atoms with Crippen LogP contribution in [0, 0.1) is 12.8 Å². The van der Waals surface area contributed by atoms with E-state index in [4.69, 9.17) is 4.74 Å². The fraction of sp³-hybridized carbons (Fsp3) is 0.423. The lowest BCUT2D eigenvalue weighted by atomic mass is 9.94. The second kappa shape index (κ2) is 10.6. The van der Waals surface area contributed by atoms with Gasteiger partial charge in [-0.2, -0.15) is 0 Å². The molecule has 0 saturated carbocycles. The lowest BCUT2D eigenvalue weighted by molar-refractivity contribution is -0.858. The molecule has 3 rings (SSSR count). The van der Waals surface area contributed by atoms with Crippen molar-refractivity contribution in [3.05, 3.63) is 65.0 Å². The fourth-order valence-corrected chi connectivity index (χ4v) is 3.98. The van der Waals surface area contributed by atoms with Crippen molar-refractivity contribution in [1.82, 2.24) is 9.88 Å². The fourth-order valence-electron chi connectivity index (χ4n) is 3.98. The highest BCUT2D eigenvalue weighted by Crippen LogP contribution is 2.39. The molecule has 1 aliphatic heterocycles. The molecule has 1 atom stereocenters. The Kier molecular flexibility index (Phi) is 7.87. The summed E-state index contributed by atoms with van der Waals surface area (Å²) < 4.78 is 5.76. The quantitative estimate of drug-likeness (QED) is 0.352. The van der Waals surface area contributed by atoms with Crippen LogP contribution in [0.5, 0.6) is 5.75 Å². The van der Waals surface area contributed by atoms with E-state index in [9.17, 15) is 14.7 Å². The number of likely N-dealkylation sites (tertiary alicyclic amines) is 1. The number of ketones is 1. The number of hydrogen-bond acceptors (Lipinski definition) is 5. The average molecular weight is 452 g/mol. The van der Waals surface area contributed by atoms with Gasteiger partial charge in [-0.15, -0.1) is 0 Å². The summed E-state index contributed by atoms with van der Waals surface area (Å²) in [5, 5.41) is 13.6. The van der Waals surface area contributed by atoms with Crippen molar-refractivity contribution in [1.29, 1.82) is 0 Å². The highest BCUT2D eigenvalue weighted by molar-refractivity contribution is 6.46. The van der Waals surface area contributed by atoms with Crippen LogP contribution in [0.3, 0.4) is 0 Å². The van der Waals surface area contributed by atoms with Gasteiger partial charge < -0.3 is 19.6 Å². The number of aromatic nitrogens is 1. The molecule has 2 heterocycles. The van der Waals surface area contributed by atoms with E-state index in [1.807, 2.05) is 21.0 Å². The second-order valence-electron chi connectivity index (χ2n) is 9.25. The SMILES string of the molecule is Cc1cc(OCC(C)C)ccc1C([O-])=C1C(=O)C(=O)N(CCC[NH+](C)C)C1c1ccncc1. The van der Waals surface area contributed by atoms with E-state index in [1.165, 1.54) is 9.80 Å². The predicted octanol–water partition coefficient (Wildman–Crippen LogP) is 1.18. The second-order valence-corrected chi connectivity index (χ2v) is 9.25. The molecular weight excluding hydrogens is 418 g/mol. The molecule has 0 bridgehead atoms. The minimum absolute atomic E-state index is 0.00217. The van der Waals surface area contributed by atoms with Gasteiger partial charge in [0.25, 0.3) is 5.91 Å². The van der Waals surface area contributed by atoms with E-state index >= 15 is 0 Å². The topological polar surface area (TPSA) is 87.0 Å². The van der Waals surface area contributed by atoms with Crippen molar-refractivity contribution in [3.63, 3.8) is 0 Å². The maximum Gasteiger partial charge on any atom is 0.295 e. The number of carbonyl (C=O) groups excluding carboxylic acids is 2. The van der Waals surface area contributed by atoms with E-state index in [-0.39, 0.29) is 5.57 Å². The molecule has 1 aromatic carbocycles. The molecule has 1 saturated heterocycles. The largest absolute Gasteiger partial charge is 0.872 e. The highest BCUT2D eigenvalue weighted by atomic mass is 16.5. The lowest BCUT2D eigenvalue weighted by Gasteiger charge is -2.28. The smallest absolute Gasteiger partial charge is 0.295 e. The number of ether oxygens (including phenoxy) is 1. The zero-order valence-electron chi connectivity index (χ0n) is 20.1. The number of Topliss-reactive ketones (excluding diaryl/α,β-unsaturated/α-hetero) is 1. The molecule has 0 spiro atoms. The van der Waals surface area contributed by atoms with Gasteiger partial charge in [-0.3, -0.25) is 14.6 Å². The van der Waals surface area contributed by atoms with Crippen LogP contribution in [0.4, 0.5) is 0 Å². The zero-order chi connectivity index (χ0) is 24.1. The number of benzene rings is 1. The highest BCUT2D eigenvalue weighted by Gasteiger charge is 2.44. The van der Waals surface area contributed by atoms with Crippen molar-refractivity contribution in [2.75, 3.05) is 33.8 Å². The Labute approximate surface area is 195 Å². The van der Waals surface area contributed by atoms with Crippen LogP contribution in [-0.2, 0) is 9.59 Å². The average Bonchev–Trinajstić information content (AvgIpc) is 3.02. The molecule has 7 heteroatoms.